The number of rotatable bonds is 9. The van der Waals surface area contributed by atoms with Crippen molar-refractivity contribution in [3.05, 3.63) is 0 Å². The van der Waals surface area contributed by atoms with Crippen LogP contribution in [0.3, 0.4) is 0 Å². The predicted octanol–water partition coefficient (Wildman–Crippen LogP) is 4.26. The molecule has 2 nitrogen and oxygen atoms in total. The fourth-order valence-electron chi connectivity index (χ4n) is 1.30. The molecule has 0 saturated carbocycles. The molecule has 0 unspecified atom stereocenters. The molecule has 0 aromatic carbocycles. The zero-order chi connectivity index (χ0) is 16.0. The van der Waals surface area contributed by atoms with Gasteiger partial charge in [0, 0.05) is 0 Å². The van der Waals surface area contributed by atoms with Crippen LogP contribution in [0.15, 0.2) is 0 Å². The summed E-state index contributed by atoms with van der Waals surface area (Å²) in [5, 5.41) is 0. The van der Waals surface area contributed by atoms with Gasteiger partial charge in [-0.2, -0.15) is 0 Å². The van der Waals surface area contributed by atoms with Crippen LogP contribution in [0, 0.1) is 0 Å². The van der Waals surface area contributed by atoms with E-state index in [1.54, 1.807) is 0 Å². The van der Waals surface area contributed by atoms with E-state index in [1.807, 2.05) is 6.92 Å². The van der Waals surface area contributed by atoms with Crippen LogP contribution in [-0.4, -0.2) is 42.8 Å². The summed E-state index contributed by atoms with van der Waals surface area (Å²) in [4.78, 5) is 0. The molecule has 0 aromatic heterocycles. The molecule has 0 heterocycles. The number of hydrogen-bond donors (Lipinski definition) is 0. The summed E-state index contributed by atoms with van der Waals surface area (Å²) in [5.41, 5.74) is 0. The molecule has 0 amide bonds. The summed E-state index contributed by atoms with van der Waals surface area (Å²) < 4.78 is 97.4. The molecule has 0 bridgehead atoms. The molecule has 0 aliphatic rings. The molecule has 0 rings (SSSR count). The Labute approximate surface area is 119 Å². The van der Waals surface area contributed by atoms with E-state index in [0.29, 0.717) is 6.42 Å². The van der Waals surface area contributed by atoms with Crippen LogP contribution < -0.4 is 0 Å². The summed E-state index contributed by atoms with van der Waals surface area (Å²) >= 11 is -5.63. The Kier molecular flexibility index (Phi) is 7.93. The zero-order valence-electron chi connectivity index (χ0n) is 10.7. The molecule has 0 N–H and O–H groups in total. The Morgan fingerprint density at radius 3 is 1.95 bits per heavy atom. The molecule has 0 atom stereocenters. The van der Waals surface area contributed by atoms with E-state index in [0.717, 1.165) is 12.8 Å². The van der Waals surface area contributed by atoms with Crippen molar-refractivity contribution in [3.8, 4) is 0 Å². The van der Waals surface area contributed by atoms with Crippen LogP contribution in [0.5, 0.6) is 0 Å². The van der Waals surface area contributed by atoms with E-state index in [2.05, 4.69) is 3.07 Å². The molecule has 0 aliphatic carbocycles. The first-order valence-corrected chi connectivity index (χ1v) is 9.69. The maximum atomic E-state index is 13.1. The third-order valence-electron chi connectivity index (χ3n) is 2.37. The van der Waals surface area contributed by atoms with Crippen LogP contribution >= 0.6 is 0 Å². The second kappa shape index (κ2) is 7.90. The molecule has 0 saturated heterocycles. The average Bonchev–Trinajstić information content (AvgIpc) is 2.24. The molecule has 120 valence electrons. The second-order valence-corrected chi connectivity index (χ2v) is 8.52. The molecule has 0 spiro atoms. The number of alkyl halides is 7. The standard InChI is InChI=1S/C6H13O.C4H2F7.O.Sn/c1-2-3-4-5-6-7;5-2(6)3(7,8)1-4(9,10)11;;/h2-6H2,1H3;1H2;;/q-1;;;+1. The van der Waals surface area contributed by atoms with Gasteiger partial charge in [0.15, 0.2) is 0 Å². The summed E-state index contributed by atoms with van der Waals surface area (Å²) in [6, 6.07) is 0. The fraction of sp³-hybridized carbons (Fsp3) is 1.00. The van der Waals surface area contributed by atoms with Crippen LogP contribution in [0.2, 0.25) is 0 Å². The van der Waals surface area contributed by atoms with Gasteiger partial charge in [-0.3, -0.25) is 0 Å². The molecule has 10 heteroatoms. The minimum atomic E-state index is -5.63. The second-order valence-electron chi connectivity index (χ2n) is 4.27. The first-order valence-electron chi connectivity index (χ1n) is 5.93. The predicted molar refractivity (Wildman–Crippen MR) is 57.1 cm³/mol. The molecule has 0 aromatic rings. The van der Waals surface area contributed by atoms with Crippen molar-refractivity contribution in [3.63, 3.8) is 0 Å². The molecule has 0 radical (unpaired) electrons. The van der Waals surface area contributed by atoms with E-state index in [-0.39, 0.29) is 6.42 Å². The van der Waals surface area contributed by atoms with Gasteiger partial charge < -0.3 is 0 Å². The van der Waals surface area contributed by atoms with Gasteiger partial charge in [0.25, 0.3) is 0 Å². The quantitative estimate of drug-likeness (QED) is 0.317. The Balaban J connectivity index is 4.49. The summed E-state index contributed by atoms with van der Waals surface area (Å²) in [7, 11) is 0. The first-order chi connectivity index (χ1) is 8.94. The normalized spacial score (nSPS) is 13.6. The van der Waals surface area contributed by atoms with Gasteiger partial charge >= 0.3 is 119 Å². The summed E-state index contributed by atoms with van der Waals surface area (Å²) in [6.45, 7) is 1.47. The number of unbranched alkanes of at least 4 members (excludes halogenated alkanes) is 3. The Bertz CT molecular complexity index is 317. The van der Waals surface area contributed by atoms with E-state index < -0.39 is 49.2 Å². The summed E-state index contributed by atoms with van der Waals surface area (Å²) in [6.07, 6.45) is -6.06. The van der Waals surface area contributed by atoms with Gasteiger partial charge in [-0.25, -0.2) is 0 Å². The molecular formula is C10H15F7O2Sn. The van der Waals surface area contributed by atoms with Gasteiger partial charge in [0.05, 0.1) is 0 Å². The SMILES string of the molecule is CCCCCC[O][Sn](=[O])[C](F)(F)C(F)(F)CC(F)(F)F. The van der Waals surface area contributed by atoms with Gasteiger partial charge in [-0.05, 0) is 0 Å². The van der Waals surface area contributed by atoms with Gasteiger partial charge in [0.2, 0.25) is 0 Å². The Morgan fingerprint density at radius 1 is 0.950 bits per heavy atom. The van der Waals surface area contributed by atoms with E-state index in [1.165, 1.54) is 0 Å². The van der Waals surface area contributed by atoms with E-state index in [4.69, 9.17) is 0 Å². The maximum absolute atomic E-state index is 13.1. The number of halogens is 7. The number of hydrogen-bond acceptors (Lipinski definition) is 2. The van der Waals surface area contributed by atoms with Crippen molar-refractivity contribution in [2.75, 3.05) is 6.61 Å². The Morgan fingerprint density at radius 2 is 1.50 bits per heavy atom. The van der Waals surface area contributed by atoms with Crippen LogP contribution in [-0.2, 0) is 6.15 Å². The zero-order valence-corrected chi connectivity index (χ0v) is 13.6. The van der Waals surface area contributed by atoms with Crippen LogP contribution in [0.25, 0.3) is 0 Å². The van der Waals surface area contributed by atoms with Crippen molar-refractivity contribution in [2.45, 2.75) is 55.1 Å². The average molecular weight is 419 g/mol. The van der Waals surface area contributed by atoms with Crippen LogP contribution in [0.4, 0.5) is 30.7 Å². The van der Waals surface area contributed by atoms with Crippen molar-refractivity contribution in [1.29, 1.82) is 0 Å². The van der Waals surface area contributed by atoms with Crippen molar-refractivity contribution in [1.82, 2.24) is 0 Å². The van der Waals surface area contributed by atoms with Crippen molar-refractivity contribution >= 4 is 20.2 Å². The van der Waals surface area contributed by atoms with Crippen LogP contribution in [0.1, 0.15) is 39.0 Å². The first kappa shape index (κ1) is 20.1. The van der Waals surface area contributed by atoms with Gasteiger partial charge in [-0.1, -0.05) is 0 Å². The van der Waals surface area contributed by atoms with Gasteiger partial charge in [0.1, 0.15) is 0 Å². The Hall–Kier alpha value is 0.0687. The minimum absolute atomic E-state index is 0.251. The molecular weight excluding hydrogens is 404 g/mol. The third kappa shape index (κ3) is 6.68. The van der Waals surface area contributed by atoms with E-state index >= 15 is 0 Å². The summed E-state index contributed by atoms with van der Waals surface area (Å²) in [5.74, 6) is -5.41. The van der Waals surface area contributed by atoms with Gasteiger partial charge in [-0.15, -0.1) is 0 Å². The monoisotopic (exact) mass is 420 g/mol. The fourth-order valence-corrected chi connectivity index (χ4v) is 3.86. The van der Waals surface area contributed by atoms with Crippen molar-refractivity contribution < 1.29 is 36.9 Å². The van der Waals surface area contributed by atoms with Crippen molar-refractivity contribution in [2.24, 2.45) is 0 Å². The topological polar surface area (TPSA) is 26.3 Å². The molecule has 20 heavy (non-hydrogen) atoms. The third-order valence-corrected chi connectivity index (χ3v) is 6.21. The molecule has 0 fully saturated rings. The van der Waals surface area contributed by atoms with E-state index in [9.17, 15) is 33.8 Å². The molecule has 0 aliphatic heterocycles.